The number of hydrogen-bond acceptors (Lipinski definition) is 2. The van der Waals surface area contributed by atoms with Crippen LogP contribution >= 0.6 is 11.6 Å². The van der Waals surface area contributed by atoms with Crippen LogP contribution in [0.1, 0.15) is 19.4 Å². The van der Waals surface area contributed by atoms with E-state index in [1.54, 1.807) is 19.9 Å². The summed E-state index contributed by atoms with van der Waals surface area (Å²) >= 11 is 5.76. The molecule has 1 aromatic carbocycles. The molecule has 0 unspecified atom stereocenters. The third-order valence-corrected chi connectivity index (χ3v) is 2.99. The Morgan fingerprint density at radius 2 is 2.12 bits per heavy atom. The molecule has 0 N–H and O–H groups in total. The molecular formula is C12H14ClFO2. The lowest BCUT2D eigenvalue weighted by molar-refractivity contribution is -0.136. The molecule has 16 heavy (non-hydrogen) atoms. The van der Waals surface area contributed by atoms with Crippen molar-refractivity contribution in [2.45, 2.75) is 25.9 Å². The predicted molar refractivity (Wildman–Crippen MR) is 61.2 cm³/mol. The van der Waals surface area contributed by atoms with Crippen LogP contribution in [-0.2, 0) is 16.0 Å². The van der Waals surface area contributed by atoms with Gasteiger partial charge < -0.3 is 4.74 Å². The lowest BCUT2D eigenvalue weighted by atomic mass is 9.97. The van der Waals surface area contributed by atoms with E-state index in [1.165, 1.54) is 19.2 Å². The average molecular weight is 245 g/mol. The number of ketones is 1. The topological polar surface area (TPSA) is 26.3 Å². The highest BCUT2D eigenvalue weighted by atomic mass is 35.5. The molecule has 0 aliphatic rings. The number of halogens is 2. The predicted octanol–water partition coefficient (Wildman–Crippen LogP) is 3.02. The number of carbonyl (C=O) groups excluding carboxylic acids is 1. The molecule has 0 aliphatic carbocycles. The fraction of sp³-hybridized carbons (Fsp3) is 0.417. The normalized spacial score (nSPS) is 11.6. The first-order chi connectivity index (χ1) is 7.38. The highest BCUT2D eigenvalue weighted by Gasteiger charge is 2.27. The molecule has 4 heteroatoms. The molecule has 2 nitrogen and oxygen atoms in total. The Morgan fingerprint density at radius 3 is 2.69 bits per heavy atom. The Hall–Kier alpha value is -0.930. The van der Waals surface area contributed by atoms with Gasteiger partial charge in [-0.25, -0.2) is 4.39 Å². The summed E-state index contributed by atoms with van der Waals surface area (Å²) in [6.45, 7) is 3.34. The van der Waals surface area contributed by atoms with E-state index < -0.39 is 11.4 Å². The van der Waals surface area contributed by atoms with Gasteiger partial charge in [0.25, 0.3) is 0 Å². The maximum absolute atomic E-state index is 13.1. The Balaban J connectivity index is 2.90. The van der Waals surface area contributed by atoms with Gasteiger partial charge in [-0.2, -0.15) is 0 Å². The van der Waals surface area contributed by atoms with Gasteiger partial charge in [0, 0.05) is 13.5 Å². The van der Waals surface area contributed by atoms with Crippen molar-refractivity contribution in [2.75, 3.05) is 7.11 Å². The van der Waals surface area contributed by atoms with Crippen LogP contribution in [0.15, 0.2) is 18.2 Å². The van der Waals surface area contributed by atoms with E-state index >= 15 is 0 Å². The molecule has 0 saturated heterocycles. The number of benzene rings is 1. The standard InChI is InChI=1S/C12H14ClFO2/c1-12(2,16-3)10(15)7-8-5-4-6-9(14)11(8)13/h4-6H,7H2,1-3H3. The van der Waals surface area contributed by atoms with E-state index in [9.17, 15) is 9.18 Å². The minimum Gasteiger partial charge on any atom is -0.371 e. The summed E-state index contributed by atoms with van der Waals surface area (Å²) in [6, 6.07) is 4.43. The zero-order chi connectivity index (χ0) is 12.3. The van der Waals surface area contributed by atoms with Gasteiger partial charge in [0.2, 0.25) is 0 Å². The summed E-state index contributed by atoms with van der Waals surface area (Å²) in [5, 5.41) is 0.00255. The summed E-state index contributed by atoms with van der Waals surface area (Å²) in [4.78, 5) is 11.8. The molecule has 1 aromatic rings. The third-order valence-electron chi connectivity index (χ3n) is 2.56. The van der Waals surface area contributed by atoms with Crippen molar-refractivity contribution in [3.8, 4) is 0 Å². The lowest BCUT2D eigenvalue weighted by Gasteiger charge is -2.21. The van der Waals surface area contributed by atoms with Crippen molar-refractivity contribution in [1.82, 2.24) is 0 Å². The highest BCUT2D eigenvalue weighted by Crippen LogP contribution is 2.22. The van der Waals surface area contributed by atoms with E-state index in [0.29, 0.717) is 5.56 Å². The van der Waals surface area contributed by atoms with Crippen LogP contribution in [0, 0.1) is 5.82 Å². The number of methoxy groups -OCH3 is 1. The van der Waals surface area contributed by atoms with Gasteiger partial charge in [0.05, 0.1) is 5.02 Å². The number of rotatable bonds is 4. The molecule has 1 rings (SSSR count). The second-order valence-electron chi connectivity index (χ2n) is 4.03. The number of ether oxygens (including phenoxy) is 1. The van der Waals surface area contributed by atoms with E-state index in [-0.39, 0.29) is 17.2 Å². The maximum atomic E-state index is 13.1. The van der Waals surface area contributed by atoms with Crippen molar-refractivity contribution in [3.63, 3.8) is 0 Å². The average Bonchev–Trinajstić information content (AvgIpc) is 2.24. The lowest BCUT2D eigenvalue weighted by Crippen LogP contribution is -2.35. The summed E-state index contributed by atoms with van der Waals surface area (Å²) in [7, 11) is 1.46. The summed E-state index contributed by atoms with van der Waals surface area (Å²) < 4.78 is 18.2. The molecule has 0 atom stereocenters. The Morgan fingerprint density at radius 1 is 1.50 bits per heavy atom. The van der Waals surface area contributed by atoms with Crippen LogP contribution in [0.3, 0.4) is 0 Å². The minimum atomic E-state index is -0.879. The molecule has 0 aromatic heterocycles. The fourth-order valence-corrected chi connectivity index (χ4v) is 1.38. The Labute approximate surface area is 99.4 Å². The van der Waals surface area contributed by atoms with Gasteiger partial charge in [0.15, 0.2) is 5.78 Å². The molecule has 0 aliphatic heterocycles. The van der Waals surface area contributed by atoms with Gasteiger partial charge in [-0.05, 0) is 25.5 Å². The number of carbonyl (C=O) groups is 1. The highest BCUT2D eigenvalue weighted by molar-refractivity contribution is 6.31. The van der Waals surface area contributed by atoms with Gasteiger partial charge in [0.1, 0.15) is 11.4 Å². The first kappa shape index (κ1) is 13.1. The Bertz CT molecular complexity index is 402. The third kappa shape index (κ3) is 2.80. The van der Waals surface area contributed by atoms with Crippen molar-refractivity contribution in [1.29, 1.82) is 0 Å². The van der Waals surface area contributed by atoms with Crippen LogP contribution in [-0.4, -0.2) is 18.5 Å². The fourth-order valence-electron chi connectivity index (χ4n) is 1.18. The quantitative estimate of drug-likeness (QED) is 0.814. The van der Waals surface area contributed by atoms with Gasteiger partial charge in [-0.1, -0.05) is 23.7 Å². The van der Waals surface area contributed by atoms with E-state index in [2.05, 4.69) is 0 Å². The van der Waals surface area contributed by atoms with E-state index in [4.69, 9.17) is 16.3 Å². The van der Waals surface area contributed by atoms with Crippen LogP contribution in [0.2, 0.25) is 5.02 Å². The van der Waals surface area contributed by atoms with Crippen LogP contribution in [0.25, 0.3) is 0 Å². The largest absolute Gasteiger partial charge is 0.371 e. The van der Waals surface area contributed by atoms with E-state index in [0.717, 1.165) is 0 Å². The van der Waals surface area contributed by atoms with Crippen molar-refractivity contribution < 1.29 is 13.9 Å². The van der Waals surface area contributed by atoms with Crippen LogP contribution in [0.5, 0.6) is 0 Å². The number of Topliss-reactive ketones (excluding diaryl/α,β-unsaturated/α-hetero) is 1. The van der Waals surface area contributed by atoms with Gasteiger partial charge >= 0.3 is 0 Å². The van der Waals surface area contributed by atoms with Gasteiger partial charge in [-0.15, -0.1) is 0 Å². The van der Waals surface area contributed by atoms with E-state index in [1.807, 2.05) is 0 Å². The molecule has 0 amide bonds. The molecule has 0 saturated carbocycles. The van der Waals surface area contributed by atoms with Crippen LogP contribution < -0.4 is 0 Å². The molecular weight excluding hydrogens is 231 g/mol. The maximum Gasteiger partial charge on any atom is 0.168 e. The van der Waals surface area contributed by atoms with Crippen molar-refractivity contribution >= 4 is 17.4 Å². The Kier molecular flexibility index (Phi) is 4.05. The smallest absolute Gasteiger partial charge is 0.168 e. The molecule has 0 heterocycles. The zero-order valence-electron chi connectivity index (χ0n) is 9.51. The summed E-state index contributed by atoms with van der Waals surface area (Å²) in [5.41, 5.74) is -0.396. The first-order valence-corrected chi connectivity index (χ1v) is 5.27. The zero-order valence-corrected chi connectivity index (χ0v) is 10.3. The van der Waals surface area contributed by atoms with Crippen molar-refractivity contribution in [3.05, 3.63) is 34.6 Å². The van der Waals surface area contributed by atoms with Crippen LogP contribution in [0.4, 0.5) is 4.39 Å². The molecule has 88 valence electrons. The summed E-state index contributed by atoms with van der Waals surface area (Å²) in [5.74, 6) is -0.648. The molecule has 0 fully saturated rings. The first-order valence-electron chi connectivity index (χ1n) is 4.90. The molecule has 0 bridgehead atoms. The second-order valence-corrected chi connectivity index (χ2v) is 4.41. The molecule has 0 radical (unpaired) electrons. The number of hydrogen-bond donors (Lipinski definition) is 0. The SMILES string of the molecule is COC(C)(C)C(=O)Cc1cccc(F)c1Cl. The summed E-state index contributed by atoms with van der Waals surface area (Å²) in [6.07, 6.45) is 0.0669. The molecule has 0 spiro atoms. The minimum absolute atomic E-state index is 0.00255. The van der Waals surface area contributed by atoms with Gasteiger partial charge in [-0.3, -0.25) is 4.79 Å². The monoisotopic (exact) mass is 244 g/mol. The van der Waals surface area contributed by atoms with Crippen molar-refractivity contribution in [2.24, 2.45) is 0 Å². The second kappa shape index (κ2) is 4.93.